The summed E-state index contributed by atoms with van der Waals surface area (Å²) in [5.74, 6) is 5.60. The summed E-state index contributed by atoms with van der Waals surface area (Å²) in [6.45, 7) is 0. The van der Waals surface area contributed by atoms with Gasteiger partial charge in [-0.05, 0) is 49.7 Å². The number of carbonyl (C=O) groups is 1. The number of nitrogen functional groups attached to an aromatic ring is 1. The highest BCUT2D eigenvalue weighted by molar-refractivity contribution is 5.92. The number of aliphatic carboxylic acids is 1. The summed E-state index contributed by atoms with van der Waals surface area (Å²) in [6, 6.07) is 4.70. The van der Waals surface area contributed by atoms with Crippen molar-refractivity contribution in [3.8, 4) is 22.6 Å². The lowest BCUT2D eigenvalue weighted by Crippen LogP contribution is -2.51. The topological polar surface area (TPSA) is 132 Å². The molecule has 7 rings (SSSR count). The average molecular weight is 462 g/mol. The highest BCUT2D eigenvalue weighted by Crippen LogP contribution is 2.46. The van der Waals surface area contributed by atoms with E-state index in [1.807, 2.05) is 0 Å². The van der Waals surface area contributed by atoms with Crippen LogP contribution in [0.3, 0.4) is 0 Å². The minimum absolute atomic E-state index is 0.166. The van der Waals surface area contributed by atoms with Gasteiger partial charge in [-0.2, -0.15) is 0 Å². The maximum atomic E-state index is 14.0. The summed E-state index contributed by atoms with van der Waals surface area (Å²) in [7, 11) is 0. The zero-order valence-electron chi connectivity index (χ0n) is 18.2. The number of carboxylic acid groups (broad SMARTS) is 1. The van der Waals surface area contributed by atoms with Gasteiger partial charge < -0.3 is 20.7 Å². The molecule has 0 aromatic carbocycles. The summed E-state index contributed by atoms with van der Waals surface area (Å²) >= 11 is 0. The molecule has 3 aliphatic rings. The van der Waals surface area contributed by atoms with Gasteiger partial charge in [0.1, 0.15) is 11.6 Å². The second kappa shape index (κ2) is 7.82. The fourth-order valence-corrected chi connectivity index (χ4v) is 5.67. The normalized spacial score (nSPS) is 23.9. The minimum atomic E-state index is -0.774. The maximum absolute atomic E-state index is 14.0. The molecule has 34 heavy (non-hydrogen) atoms. The van der Waals surface area contributed by atoms with Gasteiger partial charge >= 0.3 is 5.97 Å². The van der Waals surface area contributed by atoms with Gasteiger partial charge in [0.15, 0.2) is 11.5 Å². The fraction of sp³-hybridized carbons (Fsp3) is 0.333. The molecule has 3 fully saturated rings. The van der Waals surface area contributed by atoms with Crippen molar-refractivity contribution >= 4 is 22.8 Å². The Morgan fingerprint density at radius 1 is 1.21 bits per heavy atom. The summed E-state index contributed by atoms with van der Waals surface area (Å²) in [6.07, 6.45) is 9.75. The third-order valence-corrected chi connectivity index (χ3v) is 7.24. The highest BCUT2D eigenvalue weighted by Gasteiger charge is 2.47. The Morgan fingerprint density at radius 3 is 2.74 bits per heavy atom. The SMILES string of the molecule is Nn1cc(-c2nc(NC3C4CCC(CC4)C3C(=O)O)cc(-c3ccoc3)n2)c2cc(F)cnc21. The molecule has 174 valence electrons. The van der Waals surface area contributed by atoms with Crippen LogP contribution in [0.5, 0.6) is 0 Å². The monoisotopic (exact) mass is 462 g/mol. The molecule has 2 bridgehead atoms. The number of aromatic nitrogens is 4. The van der Waals surface area contributed by atoms with Gasteiger partial charge in [0.25, 0.3) is 0 Å². The molecule has 0 spiro atoms. The van der Waals surface area contributed by atoms with E-state index in [0.29, 0.717) is 33.9 Å². The maximum Gasteiger partial charge on any atom is 0.308 e. The van der Waals surface area contributed by atoms with E-state index in [2.05, 4.69) is 15.3 Å². The Balaban J connectivity index is 1.47. The third-order valence-electron chi connectivity index (χ3n) is 7.24. The van der Waals surface area contributed by atoms with Crippen molar-refractivity contribution in [2.75, 3.05) is 11.2 Å². The number of hydrogen-bond donors (Lipinski definition) is 3. The molecule has 4 aromatic rings. The Hall–Kier alpha value is -3.95. The molecule has 2 unspecified atom stereocenters. The number of fused-ring (bicyclic) bond motifs is 4. The van der Waals surface area contributed by atoms with Crippen molar-refractivity contribution < 1.29 is 18.7 Å². The Bertz CT molecular complexity index is 1380. The van der Waals surface area contributed by atoms with Crippen molar-refractivity contribution in [2.24, 2.45) is 17.8 Å². The van der Waals surface area contributed by atoms with E-state index in [1.165, 1.54) is 10.7 Å². The van der Waals surface area contributed by atoms with Crippen molar-refractivity contribution in [1.82, 2.24) is 19.6 Å². The van der Waals surface area contributed by atoms with E-state index in [1.54, 1.807) is 30.9 Å². The Morgan fingerprint density at radius 2 is 2.00 bits per heavy atom. The van der Waals surface area contributed by atoms with Crippen molar-refractivity contribution in [1.29, 1.82) is 0 Å². The Labute approximate surface area is 193 Å². The van der Waals surface area contributed by atoms with Crippen LogP contribution in [-0.2, 0) is 4.79 Å². The molecule has 0 aliphatic heterocycles. The number of furan rings is 1. The fourth-order valence-electron chi connectivity index (χ4n) is 5.67. The van der Waals surface area contributed by atoms with Crippen LogP contribution in [0.1, 0.15) is 25.7 Å². The first kappa shape index (κ1) is 20.6. The third kappa shape index (κ3) is 3.37. The number of pyridine rings is 1. The van der Waals surface area contributed by atoms with Gasteiger partial charge in [0.05, 0.1) is 30.3 Å². The van der Waals surface area contributed by atoms with E-state index in [4.69, 9.17) is 15.2 Å². The second-order valence-electron chi connectivity index (χ2n) is 9.16. The lowest BCUT2D eigenvalue weighted by molar-refractivity contribution is -0.148. The molecular formula is C24H23FN6O3. The molecule has 2 atom stereocenters. The van der Waals surface area contributed by atoms with E-state index < -0.39 is 17.7 Å². The van der Waals surface area contributed by atoms with Gasteiger partial charge in [-0.1, -0.05) is 0 Å². The standard InChI is InChI=1S/C24H23FN6O3/c25-15-7-16-17(10-31(26)23(16)27-9-15)22-28-18(14-5-6-34-11-14)8-19(30-22)29-21-13-3-1-12(2-4-13)20(21)24(32)33/h5-13,20-21H,1-4,26H2,(H,32,33)(H,28,29,30). The predicted octanol–water partition coefficient (Wildman–Crippen LogP) is 3.91. The molecule has 0 radical (unpaired) electrons. The molecule has 0 amide bonds. The van der Waals surface area contributed by atoms with E-state index in [0.717, 1.165) is 37.4 Å². The number of carboxylic acids is 1. The number of nitrogens with two attached hydrogens (primary N) is 1. The molecule has 3 aliphatic carbocycles. The lowest BCUT2D eigenvalue weighted by Gasteiger charge is -2.47. The smallest absolute Gasteiger partial charge is 0.308 e. The molecule has 4 aromatic heterocycles. The average Bonchev–Trinajstić information content (AvgIpc) is 3.48. The van der Waals surface area contributed by atoms with Crippen molar-refractivity contribution in [2.45, 2.75) is 31.7 Å². The highest BCUT2D eigenvalue weighted by atomic mass is 19.1. The summed E-state index contributed by atoms with van der Waals surface area (Å²) in [5.41, 5.74) is 2.26. The van der Waals surface area contributed by atoms with Gasteiger partial charge in [0.2, 0.25) is 0 Å². The van der Waals surface area contributed by atoms with Gasteiger partial charge in [-0.15, -0.1) is 0 Å². The zero-order valence-corrected chi connectivity index (χ0v) is 18.2. The molecule has 10 heteroatoms. The summed E-state index contributed by atoms with van der Waals surface area (Å²) in [4.78, 5) is 25.6. The predicted molar refractivity (Wildman–Crippen MR) is 123 cm³/mol. The van der Waals surface area contributed by atoms with Gasteiger partial charge in [0, 0.05) is 34.8 Å². The first-order chi connectivity index (χ1) is 16.5. The minimum Gasteiger partial charge on any atom is -0.481 e. The molecule has 9 nitrogen and oxygen atoms in total. The molecule has 0 saturated heterocycles. The molecule has 4 heterocycles. The number of halogens is 1. The number of anilines is 1. The molecule has 3 saturated carbocycles. The first-order valence-corrected chi connectivity index (χ1v) is 11.3. The van der Waals surface area contributed by atoms with Gasteiger partial charge in [-0.25, -0.2) is 19.3 Å². The molecule has 4 N–H and O–H groups in total. The number of hydrogen-bond acceptors (Lipinski definition) is 7. The van der Waals surface area contributed by atoms with Crippen LogP contribution >= 0.6 is 0 Å². The van der Waals surface area contributed by atoms with E-state index in [9.17, 15) is 14.3 Å². The van der Waals surface area contributed by atoms with Gasteiger partial charge in [-0.3, -0.25) is 9.47 Å². The lowest BCUT2D eigenvalue weighted by atomic mass is 9.61. The van der Waals surface area contributed by atoms with Crippen molar-refractivity contribution in [3.63, 3.8) is 0 Å². The number of rotatable bonds is 5. The molecular weight excluding hydrogens is 439 g/mol. The van der Waals surface area contributed by atoms with Crippen LogP contribution < -0.4 is 11.2 Å². The second-order valence-corrected chi connectivity index (χ2v) is 9.16. The zero-order chi connectivity index (χ0) is 23.4. The van der Waals surface area contributed by atoms with Crippen LogP contribution in [0, 0.1) is 23.6 Å². The van der Waals surface area contributed by atoms with Crippen LogP contribution in [0.15, 0.2) is 47.5 Å². The van der Waals surface area contributed by atoms with Crippen LogP contribution in [0.25, 0.3) is 33.7 Å². The van der Waals surface area contributed by atoms with E-state index in [-0.39, 0.29) is 17.9 Å². The van der Waals surface area contributed by atoms with Crippen molar-refractivity contribution in [3.05, 3.63) is 48.9 Å². The number of nitrogens with zero attached hydrogens (tertiary/aromatic N) is 4. The van der Waals surface area contributed by atoms with E-state index >= 15 is 0 Å². The first-order valence-electron chi connectivity index (χ1n) is 11.3. The largest absolute Gasteiger partial charge is 0.481 e. The summed E-state index contributed by atoms with van der Waals surface area (Å²) < 4.78 is 20.6. The number of nitrogens with one attached hydrogen (secondary N) is 1. The van der Waals surface area contributed by atoms with Crippen LogP contribution in [0.4, 0.5) is 10.2 Å². The Kier molecular flexibility index (Phi) is 4.75. The van der Waals surface area contributed by atoms with Crippen LogP contribution in [0.2, 0.25) is 0 Å². The van der Waals surface area contributed by atoms with Crippen LogP contribution in [-0.4, -0.2) is 36.7 Å². The quantitative estimate of drug-likeness (QED) is 0.380. The summed E-state index contributed by atoms with van der Waals surface area (Å²) in [5, 5.41) is 13.9.